The highest BCUT2D eigenvalue weighted by atomic mass is 32.2. The Balaban J connectivity index is 2.15. The van der Waals surface area contributed by atoms with Gasteiger partial charge in [0.1, 0.15) is 0 Å². The van der Waals surface area contributed by atoms with Gasteiger partial charge in [0.25, 0.3) is 0 Å². The first-order chi connectivity index (χ1) is 11.4. The van der Waals surface area contributed by atoms with Crippen molar-refractivity contribution in [2.24, 2.45) is 0 Å². The van der Waals surface area contributed by atoms with Crippen LogP contribution in [0.4, 0.5) is 5.69 Å². The standard InChI is InChI=1S/C18H22N2O3S/c1-4-20(16-8-6-5-7-9-16)18(21)14-15-10-12-17(13-11-15)24(22,23)19(2)3/h5-13H,4,14H2,1-3H3. The number of likely N-dealkylation sites (N-methyl/N-ethyl adjacent to an activating group) is 1. The third kappa shape index (κ3) is 4.01. The number of para-hydroxylation sites is 1. The highest BCUT2D eigenvalue weighted by Gasteiger charge is 2.18. The number of carbonyl (C=O) groups is 1. The number of sulfonamides is 1. The number of rotatable bonds is 6. The Morgan fingerprint density at radius 3 is 2.04 bits per heavy atom. The Labute approximate surface area is 143 Å². The number of anilines is 1. The van der Waals surface area contributed by atoms with Gasteiger partial charge >= 0.3 is 0 Å². The molecule has 0 saturated heterocycles. The molecule has 0 unspecified atom stereocenters. The maximum Gasteiger partial charge on any atom is 0.242 e. The van der Waals surface area contributed by atoms with Gasteiger partial charge in [-0.15, -0.1) is 0 Å². The molecule has 24 heavy (non-hydrogen) atoms. The van der Waals surface area contributed by atoms with Crippen molar-refractivity contribution in [3.63, 3.8) is 0 Å². The van der Waals surface area contributed by atoms with Gasteiger partial charge < -0.3 is 4.90 Å². The minimum Gasteiger partial charge on any atom is -0.312 e. The van der Waals surface area contributed by atoms with Crippen LogP contribution in [0.1, 0.15) is 12.5 Å². The molecule has 5 nitrogen and oxygen atoms in total. The Kier molecular flexibility index (Phi) is 5.75. The van der Waals surface area contributed by atoms with E-state index < -0.39 is 10.0 Å². The predicted octanol–water partition coefficient (Wildman–Crippen LogP) is 2.53. The van der Waals surface area contributed by atoms with E-state index in [9.17, 15) is 13.2 Å². The lowest BCUT2D eigenvalue weighted by Gasteiger charge is -2.21. The molecule has 128 valence electrons. The van der Waals surface area contributed by atoms with E-state index in [1.807, 2.05) is 37.3 Å². The molecule has 0 spiro atoms. The molecule has 0 aromatic heterocycles. The third-order valence-electron chi connectivity index (χ3n) is 3.74. The molecule has 2 aromatic rings. The molecule has 0 aliphatic carbocycles. The molecule has 0 heterocycles. The lowest BCUT2D eigenvalue weighted by molar-refractivity contribution is -0.117. The highest BCUT2D eigenvalue weighted by Crippen LogP contribution is 2.17. The maximum atomic E-state index is 12.5. The Morgan fingerprint density at radius 1 is 0.958 bits per heavy atom. The lowest BCUT2D eigenvalue weighted by Crippen LogP contribution is -2.31. The van der Waals surface area contributed by atoms with Crippen molar-refractivity contribution >= 4 is 21.6 Å². The van der Waals surface area contributed by atoms with E-state index in [1.54, 1.807) is 17.0 Å². The van der Waals surface area contributed by atoms with Gasteiger partial charge in [-0.1, -0.05) is 30.3 Å². The van der Waals surface area contributed by atoms with Crippen molar-refractivity contribution in [2.75, 3.05) is 25.5 Å². The molecule has 1 amide bonds. The lowest BCUT2D eigenvalue weighted by atomic mass is 10.1. The number of amides is 1. The minimum atomic E-state index is -3.45. The molecular weight excluding hydrogens is 324 g/mol. The van der Waals surface area contributed by atoms with Crippen LogP contribution < -0.4 is 4.90 Å². The van der Waals surface area contributed by atoms with Crippen LogP contribution in [0.3, 0.4) is 0 Å². The summed E-state index contributed by atoms with van der Waals surface area (Å²) in [5.41, 5.74) is 1.64. The largest absolute Gasteiger partial charge is 0.312 e. The normalized spacial score (nSPS) is 11.5. The molecule has 0 radical (unpaired) electrons. The number of carbonyl (C=O) groups excluding carboxylic acids is 1. The molecule has 0 aliphatic heterocycles. The topological polar surface area (TPSA) is 57.7 Å². The first kappa shape index (κ1) is 18.2. The number of hydrogen-bond acceptors (Lipinski definition) is 3. The first-order valence-electron chi connectivity index (χ1n) is 7.73. The molecule has 0 saturated carbocycles. The fourth-order valence-corrected chi connectivity index (χ4v) is 3.27. The Morgan fingerprint density at radius 2 is 1.54 bits per heavy atom. The van der Waals surface area contributed by atoms with Crippen molar-refractivity contribution < 1.29 is 13.2 Å². The van der Waals surface area contributed by atoms with E-state index in [1.165, 1.54) is 30.5 Å². The first-order valence-corrected chi connectivity index (χ1v) is 9.17. The van der Waals surface area contributed by atoms with Gasteiger partial charge in [0.2, 0.25) is 15.9 Å². The monoisotopic (exact) mass is 346 g/mol. The maximum absolute atomic E-state index is 12.5. The Bertz CT molecular complexity index is 785. The van der Waals surface area contributed by atoms with Gasteiger partial charge in [0.05, 0.1) is 11.3 Å². The smallest absolute Gasteiger partial charge is 0.242 e. The molecule has 2 rings (SSSR count). The van der Waals surface area contributed by atoms with Gasteiger partial charge in [0, 0.05) is 26.3 Å². The second-order valence-electron chi connectivity index (χ2n) is 5.58. The summed E-state index contributed by atoms with van der Waals surface area (Å²) in [6.45, 7) is 2.51. The molecule has 2 aromatic carbocycles. The van der Waals surface area contributed by atoms with Crippen LogP contribution in [0.15, 0.2) is 59.5 Å². The molecule has 0 atom stereocenters. The van der Waals surface area contributed by atoms with E-state index in [0.717, 1.165) is 11.3 Å². The van der Waals surface area contributed by atoms with Gasteiger partial charge in [-0.2, -0.15) is 0 Å². The second-order valence-corrected chi connectivity index (χ2v) is 7.73. The highest BCUT2D eigenvalue weighted by molar-refractivity contribution is 7.89. The Hall–Kier alpha value is -2.18. The zero-order chi connectivity index (χ0) is 17.7. The second kappa shape index (κ2) is 7.59. The van der Waals surface area contributed by atoms with Crippen molar-refractivity contribution in [1.29, 1.82) is 0 Å². The molecule has 0 N–H and O–H groups in total. The third-order valence-corrected chi connectivity index (χ3v) is 5.57. The SMILES string of the molecule is CCN(C(=O)Cc1ccc(S(=O)(=O)N(C)C)cc1)c1ccccc1. The zero-order valence-electron chi connectivity index (χ0n) is 14.1. The summed E-state index contributed by atoms with van der Waals surface area (Å²) in [5, 5.41) is 0. The molecule has 0 fully saturated rings. The quantitative estimate of drug-likeness (QED) is 0.808. The van der Waals surface area contributed by atoms with E-state index in [4.69, 9.17) is 0 Å². The summed E-state index contributed by atoms with van der Waals surface area (Å²) in [6, 6.07) is 15.9. The van der Waals surface area contributed by atoms with Crippen LogP contribution in [0.5, 0.6) is 0 Å². The van der Waals surface area contributed by atoms with Crippen molar-refractivity contribution in [3.8, 4) is 0 Å². The summed E-state index contributed by atoms with van der Waals surface area (Å²) in [6.07, 6.45) is 0.227. The van der Waals surface area contributed by atoms with Crippen LogP contribution in [0.2, 0.25) is 0 Å². The van der Waals surface area contributed by atoms with Gasteiger partial charge in [-0.05, 0) is 36.8 Å². The summed E-state index contributed by atoms with van der Waals surface area (Å²) >= 11 is 0. The van der Waals surface area contributed by atoms with Crippen LogP contribution in [0.25, 0.3) is 0 Å². The molecular formula is C18H22N2O3S. The minimum absolute atomic E-state index is 0.0214. The van der Waals surface area contributed by atoms with Crippen LogP contribution in [-0.2, 0) is 21.2 Å². The summed E-state index contributed by atoms with van der Waals surface area (Å²) in [4.78, 5) is 14.5. The van der Waals surface area contributed by atoms with E-state index in [-0.39, 0.29) is 17.2 Å². The van der Waals surface area contributed by atoms with Crippen molar-refractivity contribution in [3.05, 3.63) is 60.2 Å². The van der Waals surface area contributed by atoms with Crippen molar-refractivity contribution in [2.45, 2.75) is 18.2 Å². The zero-order valence-corrected chi connectivity index (χ0v) is 15.0. The molecule has 0 aliphatic rings. The van der Waals surface area contributed by atoms with Crippen LogP contribution >= 0.6 is 0 Å². The van der Waals surface area contributed by atoms with Gasteiger partial charge in [-0.3, -0.25) is 4.79 Å². The summed E-state index contributed by atoms with van der Waals surface area (Å²) in [5.74, 6) is -0.0214. The summed E-state index contributed by atoms with van der Waals surface area (Å²) < 4.78 is 25.3. The summed E-state index contributed by atoms with van der Waals surface area (Å²) in [7, 11) is -0.464. The molecule has 0 bridgehead atoms. The van der Waals surface area contributed by atoms with E-state index in [2.05, 4.69) is 0 Å². The van der Waals surface area contributed by atoms with Crippen molar-refractivity contribution in [1.82, 2.24) is 4.31 Å². The average Bonchev–Trinajstić information content (AvgIpc) is 2.57. The average molecular weight is 346 g/mol. The predicted molar refractivity (Wildman–Crippen MR) is 95.5 cm³/mol. The van der Waals surface area contributed by atoms with Gasteiger partial charge in [-0.25, -0.2) is 12.7 Å². The van der Waals surface area contributed by atoms with Gasteiger partial charge in [0.15, 0.2) is 0 Å². The fourth-order valence-electron chi connectivity index (χ4n) is 2.37. The number of hydrogen-bond donors (Lipinski definition) is 0. The van der Waals surface area contributed by atoms with Crippen LogP contribution in [0, 0.1) is 0 Å². The van der Waals surface area contributed by atoms with E-state index >= 15 is 0 Å². The molecule has 6 heteroatoms. The van der Waals surface area contributed by atoms with E-state index in [0.29, 0.717) is 6.54 Å². The number of nitrogens with zero attached hydrogens (tertiary/aromatic N) is 2. The van der Waals surface area contributed by atoms with Crippen LogP contribution in [-0.4, -0.2) is 39.3 Å². The fraction of sp³-hybridized carbons (Fsp3) is 0.278. The number of benzene rings is 2.